The number of rotatable bonds is 3. The van der Waals surface area contributed by atoms with Gasteiger partial charge in [0.1, 0.15) is 5.82 Å². The topological polar surface area (TPSA) is 20.3 Å². The standard InChI is InChI=1S/C26H19ClFNO/c27-22-11-5-2-8-18(22)16-29-24-14-13-17-7-1-3-9-19(17)26(24)21(15-25(29)30)20-10-4-6-12-23(20)28/h1-14,21H,15-16H2. The molecule has 0 bridgehead atoms. The molecule has 1 unspecified atom stereocenters. The van der Waals surface area contributed by atoms with Gasteiger partial charge in [0.05, 0.1) is 6.54 Å². The van der Waals surface area contributed by atoms with E-state index in [9.17, 15) is 9.18 Å². The van der Waals surface area contributed by atoms with Crippen molar-refractivity contribution in [3.63, 3.8) is 0 Å². The number of carbonyl (C=O) groups excluding carboxylic acids is 1. The lowest BCUT2D eigenvalue weighted by Crippen LogP contribution is -2.36. The van der Waals surface area contributed by atoms with Crippen LogP contribution in [0.15, 0.2) is 84.9 Å². The number of hydrogen-bond acceptors (Lipinski definition) is 1. The summed E-state index contributed by atoms with van der Waals surface area (Å²) in [6.45, 7) is 0.383. The van der Waals surface area contributed by atoms with Crippen LogP contribution in [0.3, 0.4) is 0 Å². The molecule has 30 heavy (non-hydrogen) atoms. The molecule has 1 aliphatic heterocycles. The monoisotopic (exact) mass is 415 g/mol. The van der Waals surface area contributed by atoms with Crippen LogP contribution >= 0.6 is 11.6 Å². The second-order valence-corrected chi connectivity index (χ2v) is 7.98. The van der Waals surface area contributed by atoms with E-state index in [0.29, 0.717) is 17.1 Å². The van der Waals surface area contributed by atoms with Gasteiger partial charge in [-0.3, -0.25) is 4.79 Å². The van der Waals surface area contributed by atoms with E-state index >= 15 is 0 Å². The molecule has 0 aliphatic carbocycles. The van der Waals surface area contributed by atoms with Crippen molar-refractivity contribution in [1.29, 1.82) is 0 Å². The second kappa shape index (κ2) is 7.58. The number of nitrogens with zero attached hydrogens (tertiary/aromatic N) is 1. The van der Waals surface area contributed by atoms with Crippen molar-refractivity contribution in [2.24, 2.45) is 0 Å². The molecule has 0 saturated carbocycles. The maximum atomic E-state index is 14.7. The molecule has 148 valence electrons. The molecule has 4 aromatic rings. The number of hydrogen-bond donors (Lipinski definition) is 0. The molecule has 0 spiro atoms. The maximum Gasteiger partial charge on any atom is 0.228 e. The summed E-state index contributed by atoms with van der Waals surface area (Å²) in [5.41, 5.74) is 3.25. The SMILES string of the molecule is O=C1CC(c2ccccc2F)c2c(ccc3ccccc23)N1Cc1ccccc1Cl. The first-order chi connectivity index (χ1) is 14.6. The van der Waals surface area contributed by atoms with E-state index in [1.807, 2.05) is 66.7 Å². The van der Waals surface area contributed by atoms with Crippen molar-refractivity contribution in [2.45, 2.75) is 18.9 Å². The van der Waals surface area contributed by atoms with E-state index < -0.39 is 0 Å². The number of carbonyl (C=O) groups is 1. The Labute approximate surface area is 179 Å². The van der Waals surface area contributed by atoms with Crippen LogP contribution in [-0.4, -0.2) is 5.91 Å². The number of fused-ring (bicyclic) bond motifs is 3. The third-order valence-corrected chi connectivity index (χ3v) is 6.20. The fourth-order valence-electron chi connectivity index (χ4n) is 4.40. The summed E-state index contributed by atoms with van der Waals surface area (Å²) in [5.74, 6) is -0.651. The maximum absolute atomic E-state index is 14.7. The fourth-order valence-corrected chi connectivity index (χ4v) is 4.60. The number of halogens is 2. The second-order valence-electron chi connectivity index (χ2n) is 7.57. The van der Waals surface area contributed by atoms with Crippen molar-refractivity contribution >= 4 is 34.0 Å². The number of benzene rings is 4. The molecule has 5 rings (SSSR count). The van der Waals surface area contributed by atoms with Crippen molar-refractivity contribution in [3.8, 4) is 0 Å². The molecule has 0 radical (unpaired) electrons. The van der Waals surface area contributed by atoms with Gasteiger partial charge in [0, 0.05) is 23.0 Å². The first kappa shape index (κ1) is 18.8. The summed E-state index contributed by atoms with van der Waals surface area (Å²) in [5, 5.41) is 2.74. The lowest BCUT2D eigenvalue weighted by atomic mass is 9.81. The fraction of sp³-hybridized carbons (Fsp3) is 0.115. The van der Waals surface area contributed by atoms with Crippen LogP contribution in [0.5, 0.6) is 0 Å². The predicted octanol–water partition coefficient (Wildman–Crippen LogP) is 6.70. The highest BCUT2D eigenvalue weighted by molar-refractivity contribution is 6.31. The van der Waals surface area contributed by atoms with E-state index in [1.165, 1.54) is 6.07 Å². The first-order valence-electron chi connectivity index (χ1n) is 9.93. The molecule has 1 atom stereocenters. The van der Waals surface area contributed by atoms with Crippen LogP contribution in [0.25, 0.3) is 10.8 Å². The van der Waals surface area contributed by atoms with Crippen molar-refractivity contribution < 1.29 is 9.18 Å². The van der Waals surface area contributed by atoms with Crippen LogP contribution in [0.1, 0.15) is 29.0 Å². The van der Waals surface area contributed by atoms with Gasteiger partial charge in [0.15, 0.2) is 0 Å². The molecular formula is C26H19ClFNO. The first-order valence-corrected chi connectivity index (χ1v) is 10.3. The summed E-state index contributed by atoms with van der Waals surface area (Å²) in [4.78, 5) is 15.0. The van der Waals surface area contributed by atoms with E-state index in [0.717, 1.165) is 27.6 Å². The highest BCUT2D eigenvalue weighted by atomic mass is 35.5. The van der Waals surface area contributed by atoms with Crippen molar-refractivity contribution in [1.82, 2.24) is 0 Å². The van der Waals surface area contributed by atoms with Crippen LogP contribution in [-0.2, 0) is 11.3 Å². The number of amides is 1. The van der Waals surface area contributed by atoms with Gasteiger partial charge in [0.25, 0.3) is 0 Å². The zero-order valence-electron chi connectivity index (χ0n) is 16.2. The molecule has 0 fully saturated rings. The lowest BCUT2D eigenvalue weighted by molar-refractivity contribution is -0.119. The summed E-state index contributed by atoms with van der Waals surface area (Å²) in [6.07, 6.45) is 0.215. The summed E-state index contributed by atoms with van der Waals surface area (Å²) in [6, 6.07) is 26.3. The Morgan fingerprint density at radius 1 is 0.900 bits per heavy atom. The van der Waals surface area contributed by atoms with E-state index in [2.05, 4.69) is 0 Å². The Balaban J connectivity index is 1.71. The summed E-state index contributed by atoms with van der Waals surface area (Å²) >= 11 is 6.37. The minimum atomic E-state index is -0.331. The normalized spacial score (nSPS) is 16.0. The number of anilines is 1. The highest BCUT2D eigenvalue weighted by Gasteiger charge is 2.35. The molecule has 1 aliphatic rings. The smallest absolute Gasteiger partial charge is 0.228 e. The Bertz CT molecular complexity index is 1270. The Hall–Kier alpha value is -3.17. The van der Waals surface area contributed by atoms with Gasteiger partial charge in [-0.05, 0) is 45.7 Å². The third-order valence-electron chi connectivity index (χ3n) is 5.83. The summed E-state index contributed by atoms with van der Waals surface area (Å²) < 4.78 is 14.7. The molecule has 0 N–H and O–H groups in total. The zero-order chi connectivity index (χ0) is 20.7. The zero-order valence-corrected chi connectivity index (χ0v) is 16.9. The van der Waals surface area contributed by atoms with Crippen LogP contribution < -0.4 is 4.90 Å². The average Bonchev–Trinajstić information content (AvgIpc) is 2.77. The van der Waals surface area contributed by atoms with Gasteiger partial charge in [-0.2, -0.15) is 0 Å². The summed E-state index contributed by atoms with van der Waals surface area (Å²) in [7, 11) is 0. The van der Waals surface area contributed by atoms with Gasteiger partial charge in [-0.25, -0.2) is 4.39 Å². The van der Waals surface area contributed by atoms with Crippen LogP contribution in [0.4, 0.5) is 10.1 Å². The van der Waals surface area contributed by atoms with Crippen LogP contribution in [0, 0.1) is 5.82 Å². The van der Waals surface area contributed by atoms with E-state index in [-0.39, 0.29) is 24.1 Å². The van der Waals surface area contributed by atoms with Crippen LogP contribution in [0.2, 0.25) is 5.02 Å². The molecule has 0 aromatic heterocycles. The molecule has 4 heteroatoms. The molecule has 1 amide bonds. The van der Waals surface area contributed by atoms with Gasteiger partial charge < -0.3 is 4.90 Å². The molecule has 1 heterocycles. The Kier molecular flexibility index (Phi) is 4.76. The van der Waals surface area contributed by atoms with Gasteiger partial charge >= 0.3 is 0 Å². The lowest BCUT2D eigenvalue weighted by Gasteiger charge is -2.35. The van der Waals surface area contributed by atoms with Crippen molar-refractivity contribution in [2.75, 3.05) is 4.90 Å². The minimum Gasteiger partial charge on any atom is -0.308 e. The third kappa shape index (κ3) is 3.16. The van der Waals surface area contributed by atoms with Gasteiger partial charge in [-0.15, -0.1) is 0 Å². The molecule has 0 saturated heterocycles. The Morgan fingerprint density at radius 3 is 2.47 bits per heavy atom. The quantitative estimate of drug-likeness (QED) is 0.364. The van der Waals surface area contributed by atoms with Crippen molar-refractivity contribution in [3.05, 3.63) is 112 Å². The van der Waals surface area contributed by atoms with Gasteiger partial charge in [0.2, 0.25) is 5.91 Å². The minimum absolute atomic E-state index is 0.0362. The Morgan fingerprint density at radius 2 is 1.63 bits per heavy atom. The van der Waals surface area contributed by atoms with Gasteiger partial charge in [-0.1, -0.05) is 78.3 Å². The largest absolute Gasteiger partial charge is 0.308 e. The molecule has 4 aromatic carbocycles. The molecule has 2 nitrogen and oxygen atoms in total. The van der Waals surface area contributed by atoms with E-state index in [1.54, 1.807) is 17.0 Å². The highest BCUT2D eigenvalue weighted by Crippen LogP contribution is 2.45. The average molecular weight is 416 g/mol. The molecular weight excluding hydrogens is 397 g/mol. The predicted molar refractivity (Wildman–Crippen MR) is 119 cm³/mol. The van der Waals surface area contributed by atoms with E-state index in [4.69, 9.17) is 11.6 Å².